The van der Waals surface area contributed by atoms with Crippen LogP contribution in [0.3, 0.4) is 0 Å². The first-order valence-corrected chi connectivity index (χ1v) is 10.8. The van der Waals surface area contributed by atoms with Gasteiger partial charge in [-0.3, -0.25) is 0 Å². The largest absolute Gasteiger partial charge is 0.478 e. The van der Waals surface area contributed by atoms with Gasteiger partial charge in [-0.15, -0.1) is 0 Å². The molecule has 0 bridgehead atoms. The average Bonchev–Trinajstić information content (AvgIpc) is 3.40. The van der Waals surface area contributed by atoms with Crippen LogP contribution in [0.25, 0.3) is 28.3 Å². The topological polar surface area (TPSA) is 54.3 Å². The highest BCUT2D eigenvalue weighted by molar-refractivity contribution is 5.94. The highest BCUT2D eigenvalue weighted by atomic mass is 16.4. The number of nitrogens with one attached hydrogen (secondary N) is 1. The Morgan fingerprint density at radius 2 is 1.44 bits per heavy atom. The standard InChI is InChI=1S/C28H24N2O2/c31-26(32)18-17-25-28(21-13-15-23(16-14-21)29-22-10-5-2-6-11-22)27(20-8-3-1-4-9-20)24-12-7-19-30(24)25/h1-6,8-11,13-18,29H,7,12,19H2,(H,31,32)/b18-17+. The molecular formula is C28H24N2O2. The van der Waals surface area contributed by atoms with E-state index in [0.29, 0.717) is 0 Å². The summed E-state index contributed by atoms with van der Waals surface area (Å²) in [6, 6.07) is 28.9. The number of carbonyl (C=O) groups is 1. The number of fused-ring (bicyclic) bond motifs is 1. The number of hydrogen-bond donors (Lipinski definition) is 2. The minimum Gasteiger partial charge on any atom is -0.478 e. The molecule has 5 rings (SSSR count). The summed E-state index contributed by atoms with van der Waals surface area (Å²) >= 11 is 0. The number of aliphatic carboxylic acids is 1. The maximum absolute atomic E-state index is 11.3. The van der Waals surface area contributed by atoms with Crippen molar-refractivity contribution < 1.29 is 9.90 Å². The van der Waals surface area contributed by atoms with Gasteiger partial charge in [-0.05, 0) is 54.3 Å². The first kappa shape index (κ1) is 19.9. The summed E-state index contributed by atoms with van der Waals surface area (Å²) in [4.78, 5) is 11.3. The smallest absolute Gasteiger partial charge is 0.328 e. The summed E-state index contributed by atoms with van der Waals surface area (Å²) in [7, 11) is 0. The molecule has 1 aliphatic rings. The lowest BCUT2D eigenvalue weighted by Crippen LogP contribution is -1.97. The Balaban J connectivity index is 1.63. The van der Waals surface area contributed by atoms with Crippen molar-refractivity contribution >= 4 is 23.4 Å². The molecule has 158 valence electrons. The Labute approximate surface area is 187 Å². The number of anilines is 2. The predicted molar refractivity (Wildman–Crippen MR) is 130 cm³/mol. The van der Waals surface area contributed by atoms with Crippen LogP contribution >= 0.6 is 0 Å². The molecule has 4 heteroatoms. The molecule has 4 nitrogen and oxygen atoms in total. The van der Waals surface area contributed by atoms with Crippen LogP contribution in [0.2, 0.25) is 0 Å². The van der Waals surface area contributed by atoms with E-state index in [-0.39, 0.29) is 0 Å². The third-order valence-corrected chi connectivity index (χ3v) is 5.89. The molecular weight excluding hydrogens is 396 g/mol. The van der Waals surface area contributed by atoms with E-state index in [0.717, 1.165) is 53.1 Å². The number of hydrogen-bond acceptors (Lipinski definition) is 2. The molecule has 4 aromatic rings. The fraction of sp³-hybridized carbons (Fsp3) is 0.107. The highest BCUT2D eigenvalue weighted by Gasteiger charge is 2.26. The minimum atomic E-state index is -0.937. The van der Waals surface area contributed by atoms with E-state index >= 15 is 0 Å². The van der Waals surface area contributed by atoms with Gasteiger partial charge in [0.2, 0.25) is 0 Å². The monoisotopic (exact) mass is 420 g/mol. The van der Waals surface area contributed by atoms with Gasteiger partial charge in [-0.2, -0.15) is 0 Å². The van der Waals surface area contributed by atoms with Crippen molar-refractivity contribution in [2.45, 2.75) is 19.4 Å². The molecule has 0 radical (unpaired) electrons. The number of para-hydroxylation sites is 1. The van der Waals surface area contributed by atoms with Crippen LogP contribution < -0.4 is 5.32 Å². The van der Waals surface area contributed by atoms with Gasteiger partial charge in [0.25, 0.3) is 0 Å². The van der Waals surface area contributed by atoms with Gasteiger partial charge >= 0.3 is 5.97 Å². The molecule has 3 aromatic carbocycles. The summed E-state index contributed by atoms with van der Waals surface area (Å²) in [6.07, 6.45) is 5.05. The molecule has 0 amide bonds. The van der Waals surface area contributed by atoms with E-state index in [1.54, 1.807) is 6.08 Å². The van der Waals surface area contributed by atoms with Crippen molar-refractivity contribution in [2.75, 3.05) is 5.32 Å². The van der Waals surface area contributed by atoms with Gasteiger partial charge in [0, 0.05) is 46.5 Å². The van der Waals surface area contributed by atoms with E-state index in [1.807, 2.05) is 36.4 Å². The normalized spacial score (nSPS) is 12.8. The molecule has 0 aliphatic carbocycles. The fourth-order valence-corrected chi connectivity index (χ4v) is 4.55. The Kier molecular flexibility index (Phi) is 5.34. The maximum atomic E-state index is 11.3. The molecule has 32 heavy (non-hydrogen) atoms. The summed E-state index contributed by atoms with van der Waals surface area (Å²) < 4.78 is 2.28. The van der Waals surface area contributed by atoms with Gasteiger partial charge in [-0.1, -0.05) is 60.7 Å². The summed E-state index contributed by atoms with van der Waals surface area (Å²) in [5.74, 6) is -0.937. The maximum Gasteiger partial charge on any atom is 0.328 e. The second-order valence-corrected chi connectivity index (χ2v) is 7.94. The quantitative estimate of drug-likeness (QED) is 0.345. The molecule has 0 saturated carbocycles. The van der Waals surface area contributed by atoms with Crippen molar-refractivity contribution in [1.29, 1.82) is 0 Å². The van der Waals surface area contributed by atoms with Gasteiger partial charge in [0.15, 0.2) is 0 Å². The lowest BCUT2D eigenvalue weighted by atomic mass is 9.93. The lowest BCUT2D eigenvalue weighted by molar-refractivity contribution is -0.131. The number of nitrogens with zero attached hydrogens (tertiary/aromatic N) is 1. The zero-order valence-electron chi connectivity index (χ0n) is 17.7. The SMILES string of the molecule is O=C(O)/C=C/c1c(-c2ccc(Nc3ccccc3)cc2)c(-c2ccccc2)c2n1CCC2. The number of aromatic nitrogens is 1. The summed E-state index contributed by atoms with van der Waals surface area (Å²) in [6.45, 7) is 0.905. The zero-order valence-corrected chi connectivity index (χ0v) is 17.7. The van der Waals surface area contributed by atoms with E-state index in [4.69, 9.17) is 0 Å². The third kappa shape index (κ3) is 3.83. The van der Waals surface area contributed by atoms with E-state index in [9.17, 15) is 9.90 Å². The Morgan fingerprint density at radius 3 is 2.12 bits per heavy atom. The molecule has 2 heterocycles. The van der Waals surface area contributed by atoms with Crippen LogP contribution in [-0.4, -0.2) is 15.6 Å². The highest BCUT2D eigenvalue weighted by Crippen LogP contribution is 2.43. The number of benzene rings is 3. The molecule has 0 unspecified atom stereocenters. The second-order valence-electron chi connectivity index (χ2n) is 7.94. The van der Waals surface area contributed by atoms with Crippen molar-refractivity contribution in [3.8, 4) is 22.3 Å². The van der Waals surface area contributed by atoms with Gasteiger partial charge < -0.3 is 15.0 Å². The molecule has 0 saturated heterocycles. The average molecular weight is 421 g/mol. The number of carboxylic acids is 1. The van der Waals surface area contributed by atoms with Gasteiger partial charge in [0.05, 0.1) is 0 Å². The first-order valence-electron chi connectivity index (χ1n) is 10.8. The van der Waals surface area contributed by atoms with Crippen LogP contribution in [0.1, 0.15) is 17.8 Å². The second kappa shape index (κ2) is 8.60. The van der Waals surface area contributed by atoms with Gasteiger partial charge in [-0.25, -0.2) is 4.79 Å². The summed E-state index contributed by atoms with van der Waals surface area (Å²) in [5, 5.41) is 12.7. The molecule has 1 aliphatic heterocycles. The zero-order chi connectivity index (χ0) is 21.9. The van der Waals surface area contributed by atoms with Crippen LogP contribution in [0.4, 0.5) is 11.4 Å². The Morgan fingerprint density at radius 1 is 0.812 bits per heavy atom. The Bertz CT molecular complexity index is 1270. The first-order chi connectivity index (χ1) is 15.7. The van der Waals surface area contributed by atoms with Crippen LogP contribution in [0.5, 0.6) is 0 Å². The van der Waals surface area contributed by atoms with E-state index in [2.05, 4.69) is 58.4 Å². The van der Waals surface area contributed by atoms with Crippen LogP contribution in [0, 0.1) is 0 Å². The van der Waals surface area contributed by atoms with Crippen molar-refractivity contribution in [3.05, 3.63) is 102 Å². The fourth-order valence-electron chi connectivity index (χ4n) is 4.55. The number of rotatable bonds is 6. The number of carboxylic acid groups (broad SMARTS) is 1. The predicted octanol–water partition coefficient (Wildman–Crippen LogP) is 6.61. The Hall–Kier alpha value is -4.05. The molecule has 0 atom stereocenters. The lowest BCUT2D eigenvalue weighted by Gasteiger charge is -2.11. The molecule has 0 spiro atoms. The molecule has 0 fully saturated rings. The van der Waals surface area contributed by atoms with Crippen LogP contribution in [0.15, 0.2) is 91.0 Å². The molecule has 2 N–H and O–H groups in total. The van der Waals surface area contributed by atoms with E-state index in [1.165, 1.54) is 17.3 Å². The van der Waals surface area contributed by atoms with Crippen molar-refractivity contribution in [2.24, 2.45) is 0 Å². The third-order valence-electron chi connectivity index (χ3n) is 5.89. The van der Waals surface area contributed by atoms with Crippen LogP contribution in [-0.2, 0) is 17.8 Å². The van der Waals surface area contributed by atoms with Crippen molar-refractivity contribution in [3.63, 3.8) is 0 Å². The minimum absolute atomic E-state index is 0.905. The van der Waals surface area contributed by atoms with E-state index < -0.39 is 5.97 Å². The van der Waals surface area contributed by atoms with Gasteiger partial charge in [0.1, 0.15) is 0 Å². The molecule has 1 aromatic heterocycles. The van der Waals surface area contributed by atoms with Crippen molar-refractivity contribution in [1.82, 2.24) is 4.57 Å². The summed E-state index contributed by atoms with van der Waals surface area (Å²) in [5.41, 5.74) is 8.83.